The third kappa shape index (κ3) is 60.5. The van der Waals surface area contributed by atoms with E-state index in [2.05, 4.69) is 41.8 Å². The van der Waals surface area contributed by atoms with Crippen LogP contribution < -0.4 is 46.1 Å². The van der Waals surface area contributed by atoms with Gasteiger partial charge in [-0.25, -0.2) is 5.43 Å². The Morgan fingerprint density at radius 1 is 1.45 bits per heavy atom. The predicted molar refractivity (Wildman–Crippen MR) is 46.3 cm³/mol. The SMILES string of the molecule is CNNC(=O)S.NC(=O)S.[H-].[Na+]. The Hall–Kier alpha value is 0.600. The van der Waals surface area contributed by atoms with Crippen LogP contribution in [0, 0.1) is 0 Å². The van der Waals surface area contributed by atoms with Crippen LogP contribution in [0.3, 0.4) is 0 Å². The number of hydrogen-bond donors (Lipinski definition) is 5. The fourth-order valence-corrected chi connectivity index (χ4v) is 0.219. The van der Waals surface area contributed by atoms with Crippen LogP contribution in [0.25, 0.3) is 0 Å². The van der Waals surface area contributed by atoms with Crippen molar-refractivity contribution in [2.24, 2.45) is 5.73 Å². The molecule has 4 N–H and O–H groups in total. The van der Waals surface area contributed by atoms with Gasteiger partial charge in [0, 0.05) is 7.05 Å². The summed E-state index contributed by atoms with van der Waals surface area (Å²) in [5.74, 6) is 0. The Morgan fingerprint density at radius 2 is 1.73 bits per heavy atom. The van der Waals surface area contributed by atoms with Crippen molar-refractivity contribution in [2.45, 2.75) is 0 Å². The molecule has 0 aromatic carbocycles. The van der Waals surface area contributed by atoms with Crippen LogP contribution in [0.5, 0.6) is 0 Å². The number of carbonyl (C=O) groups is 2. The summed E-state index contributed by atoms with van der Waals surface area (Å²) in [6.07, 6.45) is 0. The molecular weight excluding hydrogens is 197 g/mol. The Labute approximate surface area is 99.4 Å². The van der Waals surface area contributed by atoms with Gasteiger partial charge < -0.3 is 7.16 Å². The maximum absolute atomic E-state index is 9.73. The minimum Gasteiger partial charge on any atom is -1.00 e. The van der Waals surface area contributed by atoms with Gasteiger partial charge in [-0.2, -0.15) is 0 Å². The van der Waals surface area contributed by atoms with Crippen LogP contribution >= 0.6 is 25.3 Å². The number of thiol groups is 2. The van der Waals surface area contributed by atoms with Gasteiger partial charge in [-0.05, 0) is 0 Å². The molecule has 11 heavy (non-hydrogen) atoms. The van der Waals surface area contributed by atoms with Crippen molar-refractivity contribution in [1.29, 1.82) is 0 Å². The van der Waals surface area contributed by atoms with Crippen LogP contribution in [0.1, 0.15) is 1.43 Å². The summed E-state index contributed by atoms with van der Waals surface area (Å²) in [6, 6.07) is 0. The first kappa shape index (κ1) is 17.6. The first-order chi connectivity index (χ1) is 4.50. The fraction of sp³-hybridized carbons (Fsp3) is 0.333. The summed E-state index contributed by atoms with van der Waals surface area (Å²) >= 11 is 6.47. The van der Waals surface area contributed by atoms with E-state index < -0.39 is 5.24 Å². The van der Waals surface area contributed by atoms with Crippen LogP contribution in [0.4, 0.5) is 9.59 Å². The Morgan fingerprint density at radius 3 is 1.73 bits per heavy atom. The Kier molecular flexibility index (Phi) is 21.2. The zero-order valence-electron chi connectivity index (χ0n) is 7.29. The van der Waals surface area contributed by atoms with E-state index in [4.69, 9.17) is 4.79 Å². The number of carbonyl (C=O) groups excluding carboxylic acids is 2. The molecule has 0 heterocycles. The van der Waals surface area contributed by atoms with Crippen molar-refractivity contribution in [3.8, 4) is 0 Å². The zero-order valence-corrected chi connectivity index (χ0v) is 10.1. The van der Waals surface area contributed by atoms with Gasteiger partial charge >= 0.3 is 29.6 Å². The minimum absolute atomic E-state index is 0. The molecule has 2 amide bonds. The molecule has 0 aliphatic carbocycles. The molecule has 0 fully saturated rings. The number of primary amides is 1. The van der Waals surface area contributed by atoms with E-state index in [-0.39, 0.29) is 36.2 Å². The standard InChI is InChI=1S/C2H6N2OS.CH3NOS.Na.H/c1-3-4-2(5)6;2-1(3)4;;/h3H,1H3,(H2,4,5,6);(H3,2,3,4);;/q;;+1;-1. The van der Waals surface area contributed by atoms with Crippen LogP contribution in [0.15, 0.2) is 0 Å². The predicted octanol–water partition coefficient (Wildman–Crippen LogP) is -3.13. The number of nitrogens with two attached hydrogens (primary N) is 1. The molecule has 0 aromatic rings. The van der Waals surface area contributed by atoms with Gasteiger partial charge in [0.2, 0.25) is 0 Å². The van der Waals surface area contributed by atoms with Crippen LogP contribution in [-0.4, -0.2) is 17.5 Å². The van der Waals surface area contributed by atoms with E-state index >= 15 is 0 Å². The summed E-state index contributed by atoms with van der Waals surface area (Å²) in [5, 5.41) is -1.02. The molecule has 8 heteroatoms. The molecule has 0 aliphatic rings. The second kappa shape index (κ2) is 13.2. The molecule has 0 radical (unpaired) electrons. The van der Waals surface area contributed by atoms with Crippen molar-refractivity contribution < 1.29 is 40.6 Å². The second-order valence-electron chi connectivity index (χ2n) is 1.02. The first-order valence-corrected chi connectivity index (χ1v) is 3.04. The maximum Gasteiger partial charge on any atom is 1.00 e. The summed E-state index contributed by atoms with van der Waals surface area (Å²) in [5.41, 5.74) is 8.91. The van der Waals surface area contributed by atoms with E-state index in [1.54, 1.807) is 7.05 Å². The number of nitrogens with one attached hydrogen (secondary N) is 2. The first-order valence-electron chi connectivity index (χ1n) is 2.14. The summed E-state index contributed by atoms with van der Waals surface area (Å²) in [7, 11) is 1.59. The van der Waals surface area contributed by atoms with Gasteiger partial charge in [-0.15, -0.1) is 0 Å². The van der Waals surface area contributed by atoms with Crippen molar-refractivity contribution in [3.05, 3.63) is 0 Å². The molecule has 0 saturated carbocycles. The maximum atomic E-state index is 9.73. The quantitative estimate of drug-likeness (QED) is 0.179. The van der Waals surface area contributed by atoms with Crippen molar-refractivity contribution in [2.75, 3.05) is 7.05 Å². The summed E-state index contributed by atoms with van der Waals surface area (Å²) in [4.78, 5) is 18.8. The fourth-order valence-electron chi connectivity index (χ4n) is 0.107. The minimum atomic E-state index is -0.639. The summed E-state index contributed by atoms with van der Waals surface area (Å²) in [6.45, 7) is 0. The van der Waals surface area contributed by atoms with Gasteiger partial charge in [0.25, 0.3) is 10.5 Å². The molecule has 62 valence electrons. The van der Waals surface area contributed by atoms with E-state index in [0.29, 0.717) is 0 Å². The van der Waals surface area contributed by atoms with Crippen molar-refractivity contribution in [1.82, 2.24) is 10.9 Å². The molecule has 0 bridgehead atoms. The zero-order chi connectivity index (χ0) is 8.57. The molecule has 0 saturated heterocycles. The van der Waals surface area contributed by atoms with Gasteiger partial charge in [0.05, 0.1) is 0 Å². The Balaban J connectivity index is -0.0000000483. The number of amides is 2. The van der Waals surface area contributed by atoms with E-state index in [1.807, 2.05) is 0 Å². The number of hydrogen-bond acceptors (Lipinski definition) is 3. The van der Waals surface area contributed by atoms with Gasteiger partial charge in [0.1, 0.15) is 0 Å². The second-order valence-corrected chi connectivity index (χ2v) is 1.87. The largest absolute Gasteiger partial charge is 1.00 e. The average molecular weight is 207 g/mol. The summed E-state index contributed by atoms with van der Waals surface area (Å²) < 4.78 is 0. The van der Waals surface area contributed by atoms with E-state index in [9.17, 15) is 4.79 Å². The molecule has 5 nitrogen and oxygen atoms in total. The van der Waals surface area contributed by atoms with E-state index in [0.717, 1.165) is 0 Å². The molecule has 0 spiro atoms. The molecule has 0 aromatic heterocycles. The van der Waals surface area contributed by atoms with Crippen molar-refractivity contribution >= 4 is 35.7 Å². The smallest absolute Gasteiger partial charge is 1.00 e. The molecule has 0 unspecified atom stereocenters. The molecule has 0 aliphatic heterocycles. The third-order valence-corrected chi connectivity index (χ3v) is 0.344. The normalized spacial score (nSPS) is 6.45. The van der Waals surface area contributed by atoms with Crippen LogP contribution in [0.2, 0.25) is 0 Å². The number of rotatable bonds is 1. The van der Waals surface area contributed by atoms with Crippen LogP contribution in [-0.2, 0) is 0 Å². The number of hydrazine groups is 1. The topological polar surface area (TPSA) is 84.2 Å². The van der Waals surface area contributed by atoms with E-state index in [1.165, 1.54) is 0 Å². The van der Waals surface area contributed by atoms with Crippen molar-refractivity contribution in [3.63, 3.8) is 0 Å². The monoisotopic (exact) mass is 207 g/mol. The Bertz CT molecular complexity index is 124. The van der Waals surface area contributed by atoms with Gasteiger partial charge in [0.15, 0.2) is 0 Å². The van der Waals surface area contributed by atoms with Gasteiger partial charge in [-0.1, -0.05) is 25.3 Å². The average Bonchev–Trinajstić information content (AvgIpc) is 1.62. The molecule has 0 rings (SSSR count). The third-order valence-electron chi connectivity index (χ3n) is 0.232. The molecule has 0 atom stereocenters. The molecular formula is C3H10N3NaO2S2. The van der Waals surface area contributed by atoms with Gasteiger partial charge in [-0.3, -0.25) is 15.0 Å².